The number of aliphatic carboxylic acids is 1. The van der Waals surface area contributed by atoms with Gasteiger partial charge in [-0.05, 0) is 13.3 Å². The lowest BCUT2D eigenvalue weighted by atomic mass is 9.78. The van der Waals surface area contributed by atoms with Crippen molar-refractivity contribution >= 4 is 39.8 Å². The first-order valence-corrected chi connectivity index (χ1v) is 12.4. The largest absolute Gasteiger partial charge is 0.477 e. The number of carboxylic acid groups (broad SMARTS) is 1. The molecule has 0 aromatic rings. The van der Waals surface area contributed by atoms with E-state index in [2.05, 4.69) is 15.4 Å². The van der Waals surface area contributed by atoms with Crippen LogP contribution in [0.3, 0.4) is 0 Å². The number of carbonyl (C=O) groups is 3. The van der Waals surface area contributed by atoms with E-state index >= 15 is 0 Å². The standard InChI is InChI=1S/C17H25F2N5O6S2/c1-6-11-10(7(2)22-15(25)14(18)19)16(26)24(11)12(17(27)28)13(6)31-5-9-3-8(4-21-9)23-32(20,29)30/h6-11,14,21,23H,3-5H2,1-2H3,(H,22,25)(H,27,28)(H2,20,29,30)/t6-,7-,8+,9+,10-,11-/m1/s1. The van der Waals surface area contributed by atoms with Crippen molar-refractivity contribution in [3.8, 4) is 0 Å². The van der Waals surface area contributed by atoms with Crippen LogP contribution in [-0.4, -0.2) is 79.1 Å². The van der Waals surface area contributed by atoms with Gasteiger partial charge in [0.2, 0.25) is 5.91 Å². The molecule has 0 bridgehead atoms. The van der Waals surface area contributed by atoms with Gasteiger partial charge in [0.05, 0.1) is 12.0 Å². The number of carboxylic acids is 1. The number of hydrogen-bond acceptors (Lipinski definition) is 7. The molecule has 0 radical (unpaired) electrons. The number of carbonyl (C=O) groups excluding carboxylic acids is 2. The Morgan fingerprint density at radius 1 is 1.41 bits per heavy atom. The summed E-state index contributed by atoms with van der Waals surface area (Å²) in [5.41, 5.74) is -0.140. The van der Waals surface area contributed by atoms with Crippen LogP contribution in [0.4, 0.5) is 8.78 Å². The van der Waals surface area contributed by atoms with Crippen molar-refractivity contribution in [2.75, 3.05) is 12.3 Å². The van der Waals surface area contributed by atoms with Crippen LogP contribution in [0.1, 0.15) is 20.3 Å². The Morgan fingerprint density at radius 3 is 2.62 bits per heavy atom. The molecular formula is C17H25F2N5O6S2. The number of hydrogen-bond donors (Lipinski definition) is 5. The molecule has 2 amide bonds. The van der Waals surface area contributed by atoms with Crippen molar-refractivity contribution in [2.24, 2.45) is 17.0 Å². The van der Waals surface area contributed by atoms with Crippen LogP contribution in [-0.2, 0) is 24.6 Å². The van der Waals surface area contributed by atoms with Gasteiger partial charge in [-0.25, -0.2) is 9.93 Å². The molecule has 180 valence electrons. The molecule has 0 aromatic carbocycles. The highest BCUT2D eigenvalue weighted by Crippen LogP contribution is 2.50. The van der Waals surface area contributed by atoms with Gasteiger partial charge in [-0.3, -0.25) is 9.59 Å². The third kappa shape index (κ3) is 4.90. The SMILES string of the molecule is C[C@@H](NC(=O)C(F)F)[C@H]1C(=O)N2C(C(=O)O)=C(SC[C@@H]3C[C@H](NS(N)(=O)=O)CN3)[C@H](C)[C@H]12. The number of thioether (sulfide) groups is 1. The van der Waals surface area contributed by atoms with E-state index in [0.29, 0.717) is 23.6 Å². The van der Waals surface area contributed by atoms with Crippen molar-refractivity contribution in [3.05, 3.63) is 10.6 Å². The van der Waals surface area contributed by atoms with Crippen molar-refractivity contribution in [2.45, 2.75) is 50.9 Å². The second-order valence-electron chi connectivity index (χ2n) is 8.14. The maximum atomic E-state index is 12.7. The highest BCUT2D eigenvalue weighted by atomic mass is 32.2. The molecule has 0 spiro atoms. The molecule has 6 atom stereocenters. The molecule has 3 aliphatic rings. The number of β-lactam (4-membered cyclic amide) rings is 1. The van der Waals surface area contributed by atoms with Gasteiger partial charge in [0, 0.05) is 41.2 Å². The molecule has 32 heavy (non-hydrogen) atoms. The van der Waals surface area contributed by atoms with Gasteiger partial charge >= 0.3 is 12.4 Å². The molecule has 0 aromatic heterocycles. The number of nitrogens with zero attached hydrogens (tertiary/aromatic N) is 1. The number of amides is 2. The van der Waals surface area contributed by atoms with E-state index < -0.39 is 52.4 Å². The lowest BCUT2D eigenvalue weighted by molar-refractivity contribution is -0.159. The second kappa shape index (κ2) is 9.21. The molecule has 6 N–H and O–H groups in total. The Labute approximate surface area is 187 Å². The number of rotatable bonds is 9. The fourth-order valence-corrected chi connectivity index (χ4v) is 6.57. The molecular weight excluding hydrogens is 472 g/mol. The molecule has 0 aliphatic carbocycles. The quantitative estimate of drug-likeness (QED) is 0.247. The van der Waals surface area contributed by atoms with E-state index in [1.54, 1.807) is 6.92 Å². The molecule has 2 saturated heterocycles. The van der Waals surface area contributed by atoms with Crippen molar-refractivity contribution < 1.29 is 36.7 Å². The van der Waals surface area contributed by atoms with Crippen LogP contribution in [0.2, 0.25) is 0 Å². The fourth-order valence-electron chi connectivity index (χ4n) is 4.57. The first-order chi connectivity index (χ1) is 14.8. The summed E-state index contributed by atoms with van der Waals surface area (Å²) in [7, 11) is -3.84. The number of nitrogens with one attached hydrogen (secondary N) is 3. The van der Waals surface area contributed by atoms with Crippen LogP contribution >= 0.6 is 11.8 Å². The summed E-state index contributed by atoms with van der Waals surface area (Å²) in [5, 5.41) is 20.0. The van der Waals surface area contributed by atoms with Gasteiger partial charge in [-0.15, -0.1) is 11.8 Å². The summed E-state index contributed by atoms with van der Waals surface area (Å²) in [6.07, 6.45) is -2.76. The van der Waals surface area contributed by atoms with Crippen LogP contribution in [0.25, 0.3) is 0 Å². The lowest BCUT2D eigenvalue weighted by Crippen LogP contribution is -2.66. The predicted octanol–water partition coefficient (Wildman–Crippen LogP) is -1.21. The molecule has 3 heterocycles. The zero-order valence-electron chi connectivity index (χ0n) is 17.2. The summed E-state index contributed by atoms with van der Waals surface area (Å²) in [4.78, 5) is 37.5. The minimum absolute atomic E-state index is 0.113. The molecule has 2 fully saturated rings. The summed E-state index contributed by atoms with van der Waals surface area (Å²) in [6.45, 7) is 3.57. The van der Waals surface area contributed by atoms with Crippen LogP contribution in [0, 0.1) is 11.8 Å². The lowest BCUT2D eigenvalue weighted by Gasteiger charge is -2.47. The third-order valence-corrected chi connectivity index (χ3v) is 8.00. The molecule has 3 aliphatic heterocycles. The first kappa shape index (κ1) is 24.8. The minimum Gasteiger partial charge on any atom is -0.477 e. The first-order valence-electron chi connectivity index (χ1n) is 9.87. The number of halogens is 2. The summed E-state index contributed by atoms with van der Waals surface area (Å²) >= 11 is 1.25. The maximum absolute atomic E-state index is 12.7. The number of nitrogens with two attached hydrogens (primary N) is 1. The number of alkyl halides is 2. The van der Waals surface area contributed by atoms with Gasteiger partial charge in [0.15, 0.2) is 0 Å². The van der Waals surface area contributed by atoms with E-state index in [0.717, 1.165) is 0 Å². The van der Waals surface area contributed by atoms with E-state index in [-0.39, 0.29) is 23.7 Å². The van der Waals surface area contributed by atoms with Crippen molar-refractivity contribution in [1.29, 1.82) is 0 Å². The minimum atomic E-state index is -3.84. The zero-order valence-corrected chi connectivity index (χ0v) is 18.9. The van der Waals surface area contributed by atoms with Crippen LogP contribution in [0.15, 0.2) is 10.6 Å². The monoisotopic (exact) mass is 497 g/mol. The van der Waals surface area contributed by atoms with E-state index in [1.165, 1.54) is 23.6 Å². The normalized spacial score (nSPS) is 31.0. The van der Waals surface area contributed by atoms with Gasteiger partial charge in [-0.1, -0.05) is 6.92 Å². The molecule has 11 nitrogen and oxygen atoms in total. The van der Waals surface area contributed by atoms with E-state index in [1.807, 2.05) is 0 Å². The molecule has 15 heteroatoms. The smallest absolute Gasteiger partial charge is 0.353 e. The second-order valence-corrected chi connectivity index (χ2v) is 10.5. The third-order valence-electron chi connectivity index (χ3n) is 5.89. The Hall–Kier alpha value is -1.81. The zero-order chi connectivity index (χ0) is 24.0. The highest BCUT2D eigenvalue weighted by Gasteiger charge is 2.60. The Kier molecular flexibility index (Phi) is 7.14. The van der Waals surface area contributed by atoms with Crippen LogP contribution in [0.5, 0.6) is 0 Å². The summed E-state index contributed by atoms with van der Waals surface area (Å²) in [6, 6.07) is -1.93. The van der Waals surface area contributed by atoms with Gasteiger partial charge in [-0.2, -0.15) is 21.9 Å². The molecule has 0 unspecified atom stereocenters. The average Bonchev–Trinajstić information content (AvgIpc) is 3.18. The topological polar surface area (TPSA) is 171 Å². The number of fused-ring (bicyclic) bond motifs is 1. The van der Waals surface area contributed by atoms with Gasteiger partial charge in [0.25, 0.3) is 16.1 Å². The Balaban J connectivity index is 1.68. The van der Waals surface area contributed by atoms with Crippen LogP contribution < -0.4 is 20.5 Å². The Morgan fingerprint density at radius 2 is 2.06 bits per heavy atom. The van der Waals surface area contributed by atoms with Gasteiger partial charge < -0.3 is 20.6 Å². The summed E-state index contributed by atoms with van der Waals surface area (Å²) in [5.74, 6) is -4.05. The predicted molar refractivity (Wildman–Crippen MR) is 110 cm³/mol. The van der Waals surface area contributed by atoms with E-state index in [9.17, 15) is 36.7 Å². The molecule has 0 saturated carbocycles. The Bertz CT molecular complexity index is 946. The van der Waals surface area contributed by atoms with Gasteiger partial charge in [0.1, 0.15) is 5.70 Å². The van der Waals surface area contributed by atoms with E-state index in [4.69, 9.17) is 5.14 Å². The average molecular weight is 498 g/mol. The molecule has 3 rings (SSSR count). The fraction of sp³-hybridized carbons (Fsp3) is 0.706. The summed E-state index contributed by atoms with van der Waals surface area (Å²) < 4.78 is 49.8. The van der Waals surface area contributed by atoms with Crippen molar-refractivity contribution in [3.63, 3.8) is 0 Å². The van der Waals surface area contributed by atoms with Crippen molar-refractivity contribution in [1.82, 2.24) is 20.3 Å². The highest BCUT2D eigenvalue weighted by molar-refractivity contribution is 8.03. The maximum Gasteiger partial charge on any atom is 0.353 e.